The van der Waals surface area contributed by atoms with Crippen LogP contribution in [0.4, 0.5) is 0 Å². The van der Waals surface area contributed by atoms with Crippen LogP contribution in [0.15, 0.2) is 0 Å². The number of ether oxygens (including phenoxy) is 1. The molecule has 0 radical (unpaired) electrons. The maximum atomic E-state index is 9.26. The molecule has 1 aliphatic rings. The highest BCUT2D eigenvalue weighted by atomic mass is 28.4. The van der Waals surface area contributed by atoms with Gasteiger partial charge in [-0.1, -0.05) is 20.8 Å². The van der Waals surface area contributed by atoms with E-state index < -0.39 is 8.32 Å². The first-order valence-corrected chi connectivity index (χ1v) is 9.02. The van der Waals surface area contributed by atoms with Crippen LogP contribution >= 0.6 is 0 Å². The largest absolute Gasteiger partial charge is 0.411 e. The summed E-state index contributed by atoms with van der Waals surface area (Å²) in [5.74, 6) is 0. The molecule has 0 aromatic heterocycles. The molecule has 96 valence electrons. The summed E-state index contributed by atoms with van der Waals surface area (Å²) in [5.41, 5.74) is 0. The van der Waals surface area contributed by atoms with Crippen molar-refractivity contribution >= 4 is 8.32 Å². The number of hydrogen-bond donors (Lipinski definition) is 1. The first-order chi connectivity index (χ1) is 7.17. The van der Waals surface area contributed by atoms with E-state index in [4.69, 9.17) is 9.16 Å². The second-order valence-electron chi connectivity index (χ2n) is 6.32. The molecule has 1 aliphatic heterocycles. The average Bonchev–Trinajstić information content (AvgIpc) is 2.43. The van der Waals surface area contributed by atoms with Crippen LogP contribution in [0.5, 0.6) is 0 Å². The van der Waals surface area contributed by atoms with Crippen molar-refractivity contribution in [2.24, 2.45) is 0 Å². The third-order valence-electron chi connectivity index (χ3n) is 3.82. The third kappa shape index (κ3) is 3.06. The van der Waals surface area contributed by atoms with Gasteiger partial charge in [0.2, 0.25) is 0 Å². The van der Waals surface area contributed by atoms with Gasteiger partial charge >= 0.3 is 0 Å². The highest BCUT2D eigenvalue weighted by Crippen LogP contribution is 2.39. The number of rotatable bonds is 3. The predicted molar refractivity (Wildman–Crippen MR) is 68.1 cm³/mol. The molecule has 16 heavy (non-hydrogen) atoms. The summed E-state index contributed by atoms with van der Waals surface area (Å²) in [7, 11) is -1.75. The van der Waals surface area contributed by atoms with Gasteiger partial charge in [0.1, 0.15) is 6.10 Å². The smallest absolute Gasteiger partial charge is 0.192 e. The molecule has 1 saturated heterocycles. The summed E-state index contributed by atoms with van der Waals surface area (Å²) < 4.78 is 11.9. The van der Waals surface area contributed by atoms with Gasteiger partial charge in [-0.3, -0.25) is 0 Å². The quantitative estimate of drug-likeness (QED) is 0.778. The summed E-state index contributed by atoms with van der Waals surface area (Å²) in [4.78, 5) is 0. The van der Waals surface area contributed by atoms with Gasteiger partial charge in [-0.2, -0.15) is 0 Å². The fraction of sp³-hybridized carbons (Fsp3) is 1.00. The summed E-state index contributed by atoms with van der Waals surface area (Å²) >= 11 is 0. The predicted octanol–water partition coefficient (Wildman–Crippen LogP) is 2.55. The van der Waals surface area contributed by atoms with Crippen molar-refractivity contribution in [3.05, 3.63) is 0 Å². The zero-order valence-electron chi connectivity index (χ0n) is 11.4. The molecule has 1 heterocycles. The van der Waals surface area contributed by atoms with Gasteiger partial charge in [0.15, 0.2) is 8.32 Å². The van der Waals surface area contributed by atoms with Crippen LogP contribution in [0, 0.1) is 0 Å². The van der Waals surface area contributed by atoms with Crippen LogP contribution in [-0.4, -0.2) is 38.3 Å². The minimum absolute atomic E-state index is 0.0592. The standard InChI is InChI=1S/C12H26O3Si/c1-9-7-10(11(8-13)14-9)15-16(5,6)12(2,3)4/h9-11,13H,7-8H2,1-6H3/t9-,10?,11+/m0/s1. The average molecular weight is 246 g/mol. The Hall–Kier alpha value is 0.0969. The van der Waals surface area contributed by atoms with Gasteiger partial charge in [0.05, 0.1) is 18.8 Å². The van der Waals surface area contributed by atoms with Crippen LogP contribution in [0.2, 0.25) is 18.1 Å². The molecule has 0 saturated carbocycles. The van der Waals surface area contributed by atoms with Crippen LogP contribution in [0.1, 0.15) is 34.1 Å². The highest BCUT2D eigenvalue weighted by molar-refractivity contribution is 6.74. The van der Waals surface area contributed by atoms with Gasteiger partial charge in [-0.25, -0.2) is 0 Å². The molecule has 4 heteroatoms. The molecule has 0 bridgehead atoms. The SMILES string of the molecule is C[C@H]1CC(O[Si](C)(C)C(C)(C)C)[C@@H](CO)O1. The van der Waals surface area contributed by atoms with Crippen molar-refractivity contribution in [1.82, 2.24) is 0 Å². The lowest BCUT2D eigenvalue weighted by atomic mass is 10.1. The Bertz CT molecular complexity index is 235. The Morgan fingerprint density at radius 2 is 1.94 bits per heavy atom. The Labute approximate surface area is 100 Å². The number of aliphatic hydroxyl groups is 1. The molecule has 0 aromatic rings. The van der Waals surface area contributed by atoms with E-state index in [1.54, 1.807) is 0 Å². The van der Waals surface area contributed by atoms with E-state index in [2.05, 4.69) is 33.9 Å². The summed E-state index contributed by atoms with van der Waals surface area (Å²) in [6.07, 6.45) is 1.04. The van der Waals surface area contributed by atoms with Gasteiger partial charge in [0.25, 0.3) is 0 Å². The van der Waals surface area contributed by atoms with Crippen LogP contribution in [0.25, 0.3) is 0 Å². The molecule has 1 N–H and O–H groups in total. The van der Waals surface area contributed by atoms with E-state index in [0.29, 0.717) is 0 Å². The molecule has 1 unspecified atom stereocenters. The Balaban J connectivity index is 2.66. The maximum Gasteiger partial charge on any atom is 0.192 e. The minimum Gasteiger partial charge on any atom is -0.411 e. The lowest BCUT2D eigenvalue weighted by Gasteiger charge is -2.39. The molecule has 0 amide bonds. The monoisotopic (exact) mass is 246 g/mol. The van der Waals surface area contributed by atoms with E-state index in [-0.39, 0.29) is 30.0 Å². The Morgan fingerprint density at radius 1 is 1.38 bits per heavy atom. The summed E-state index contributed by atoms with van der Waals surface area (Å²) in [6.45, 7) is 13.3. The van der Waals surface area contributed by atoms with E-state index in [0.717, 1.165) is 6.42 Å². The molecule has 0 aliphatic carbocycles. The van der Waals surface area contributed by atoms with Crippen molar-refractivity contribution in [3.8, 4) is 0 Å². The topological polar surface area (TPSA) is 38.7 Å². The van der Waals surface area contributed by atoms with Crippen molar-refractivity contribution in [2.75, 3.05) is 6.61 Å². The van der Waals surface area contributed by atoms with Gasteiger partial charge in [-0.15, -0.1) is 0 Å². The van der Waals surface area contributed by atoms with Gasteiger partial charge in [0, 0.05) is 6.42 Å². The second kappa shape index (κ2) is 4.76. The minimum atomic E-state index is -1.75. The number of aliphatic hydroxyl groups excluding tert-OH is 1. The molecule has 3 atom stereocenters. The molecular weight excluding hydrogens is 220 g/mol. The van der Waals surface area contributed by atoms with Crippen LogP contribution in [0.3, 0.4) is 0 Å². The first kappa shape index (κ1) is 14.2. The van der Waals surface area contributed by atoms with Gasteiger partial charge in [-0.05, 0) is 25.1 Å². The first-order valence-electron chi connectivity index (χ1n) is 6.11. The third-order valence-corrected chi connectivity index (χ3v) is 8.32. The second-order valence-corrected chi connectivity index (χ2v) is 11.1. The van der Waals surface area contributed by atoms with Crippen molar-refractivity contribution in [1.29, 1.82) is 0 Å². The molecule has 0 spiro atoms. The fourth-order valence-corrected chi connectivity index (χ4v) is 3.12. The van der Waals surface area contributed by atoms with Crippen molar-refractivity contribution < 1.29 is 14.3 Å². The van der Waals surface area contributed by atoms with E-state index in [1.807, 2.05) is 6.92 Å². The Kier molecular flexibility index (Phi) is 4.22. The maximum absolute atomic E-state index is 9.26. The molecule has 1 fully saturated rings. The van der Waals surface area contributed by atoms with E-state index in [9.17, 15) is 5.11 Å². The lowest BCUT2D eigenvalue weighted by Crippen LogP contribution is -2.46. The van der Waals surface area contributed by atoms with Gasteiger partial charge < -0.3 is 14.3 Å². The molecule has 0 aromatic carbocycles. The molecule has 3 nitrogen and oxygen atoms in total. The number of hydrogen-bond acceptors (Lipinski definition) is 3. The molecular formula is C12H26O3Si. The highest BCUT2D eigenvalue weighted by Gasteiger charge is 2.43. The normalized spacial score (nSPS) is 32.1. The van der Waals surface area contributed by atoms with Crippen molar-refractivity contribution in [3.63, 3.8) is 0 Å². The van der Waals surface area contributed by atoms with Crippen molar-refractivity contribution in [2.45, 2.75) is 70.6 Å². The van der Waals surface area contributed by atoms with Crippen LogP contribution < -0.4 is 0 Å². The summed E-state index contributed by atoms with van der Waals surface area (Å²) in [5, 5.41) is 9.47. The summed E-state index contributed by atoms with van der Waals surface area (Å²) in [6, 6.07) is 0. The zero-order valence-corrected chi connectivity index (χ0v) is 12.4. The van der Waals surface area contributed by atoms with Crippen LogP contribution in [-0.2, 0) is 9.16 Å². The Morgan fingerprint density at radius 3 is 2.38 bits per heavy atom. The molecule has 1 rings (SSSR count). The zero-order chi connectivity index (χ0) is 12.6. The lowest BCUT2D eigenvalue weighted by molar-refractivity contribution is -0.0138. The van der Waals surface area contributed by atoms with E-state index in [1.165, 1.54) is 0 Å². The van der Waals surface area contributed by atoms with E-state index >= 15 is 0 Å². The fourth-order valence-electron chi connectivity index (χ4n) is 1.76.